The van der Waals surface area contributed by atoms with E-state index in [0.717, 1.165) is 6.42 Å². The fourth-order valence-electron chi connectivity index (χ4n) is 2.44. The molecule has 0 saturated carbocycles. The molecule has 0 unspecified atom stereocenters. The topological polar surface area (TPSA) is 75.6 Å². The third-order valence-electron chi connectivity index (χ3n) is 3.37. The van der Waals surface area contributed by atoms with E-state index in [-0.39, 0.29) is 17.2 Å². The van der Waals surface area contributed by atoms with Crippen LogP contribution in [0.1, 0.15) is 32.1 Å². The monoisotopic (exact) mass is 225 g/mol. The van der Waals surface area contributed by atoms with Crippen molar-refractivity contribution in [1.29, 1.82) is 0 Å². The van der Waals surface area contributed by atoms with Crippen molar-refractivity contribution in [3.63, 3.8) is 0 Å². The van der Waals surface area contributed by atoms with Crippen molar-refractivity contribution < 1.29 is 19.4 Å². The zero-order valence-corrected chi connectivity index (χ0v) is 9.21. The Morgan fingerprint density at radius 1 is 1.44 bits per heavy atom. The highest BCUT2D eigenvalue weighted by Gasteiger charge is 2.42. The van der Waals surface area contributed by atoms with Gasteiger partial charge in [0.15, 0.2) is 0 Å². The van der Waals surface area contributed by atoms with Gasteiger partial charge in [0.1, 0.15) is 5.76 Å². The number of hydrogen-bond acceptors (Lipinski definition) is 4. The van der Waals surface area contributed by atoms with Crippen LogP contribution < -0.4 is 5.32 Å². The van der Waals surface area contributed by atoms with Gasteiger partial charge in [-0.2, -0.15) is 0 Å². The van der Waals surface area contributed by atoms with Crippen molar-refractivity contribution in [2.75, 3.05) is 7.11 Å². The predicted octanol–water partition coefficient (Wildman–Crippen LogP) is 0.804. The smallest absolute Gasteiger partial charge is 0.337 e. The lowest BCUT2D eigenvalue weighted by Gasteiger charge is -2.33. The molecule has 0 bridgehead atoms. The van der Waals surface area contributed by atoms with Crippen molar-refractivity contribution >= 4 is 11.9 Å². The van der Waals surface area contributed by atoms with Crippen LogP contribution in [-0.2, 0) is 14.3 Å². The number of esters is 1. The summed E-state index contributed by atoms with van der Waals surface area (Å²) >= 11 is 0. The van der Waals surface area contributed by atoms with Crippen molar-refractivity contribution in [1.82, 2.24) is 5.32 Å². The van der Waals surface area contributed by atoms with Crippen LogP contribution >= 0.6 is 0 Å². The van der Waals surface area contributed by atoms with Gasteiger partial charge in [0, 0.05) is 24.8 Å². The van der Waals surface area contributed by atoms with E-state index in [9.17, 15) is 14.7 Å². The van der Waals surface area contributed by atoms with Gasteiger partial charge in [-0.05, 0) is 12.8 Å². The van der Waals surface area contributed by atoms with Gasteiger partial charge in [-0.1, -0.05) is 0 Å². The third kappa shape index (κ3) is 1.77. The Morgan fingerprint density at radius 2 is 2.12 bits per heavy atom. The lowest BCUT2D eigenvalue weighted by Crippen LogP contribution is -2.44. The van der Waals surface area contributed by atoms with E-state index in [4.69, 9.17) is 0 Å². The SMILES string of the molecule is COC(=O)C1=C(O)CC[C@]2(CCC(=O)N2)C1. The maximum absolute atomic E-state index is 11.4. The van der Waals surface area contributed by atoms with Gasteiger partial charge >= 0.3 is 5.97 Å². The number of ether oxygens (including phenoxy) is 1. The third-order valence-corrected chi connectivity index (χ3v) is 3.37. The van der Waals surface area contributed by atoms with Gasteiger partial charge < -0.3 is 15.2 Å². The Balaban J connectivity index is 2.20. The molecule has 0 aromatic carbocycles. The Kier molecular flexibility index (Phi) is 2.61. The quantitative estimate of drug-likeness (QED) is 0.647. The summed E-state index contributed by atoms with van der Waals surface area (Å²) in [7, 11) is 1.29. The molecule has 16 heavy (non-hydrogen) atoms. The van der Waals surface area contributed by atoms with Crippen LogP contribution in [0.3, 0.4) is 0 Å². The summed E-state index contributed by atoms with van der Waals surface area (Å²) in [6.45, 7) is 0. The van der Waals surface area contributed by atoms with Crippen molar-refractivity contribution in [3.8, 4) is 0 Å². The molecule has 0 radical (unpaired) electrons. The lowest BCUT2D eigenvalue weighted by atomic mass is 9.79. The maximum atomic E-state index is 11.4. The number of methoxy groups -OCH3 is 1. The average molecular weight is 225 g/mol. The minimum atomic E-state index is -0.502. The highest BCUT2D eigenvalue weighted by atomic mass is 16.5. The van der Waals surface area contributed by atoms with Gasteiger partial charge in [-0.25, -0.2) is 4.79 Å². The highest BCUT2D eigenvalue weighted by molar-refractivity contribution is 5.90. The fourth-order valence-corrected chi connectivity index (χ4v) is 2.44. The number of amides is 1. The van der Waals surface area contributed by atoms with Crippen LogP contribution in [0, 0.1) is 0 Å². The van der Waals surface area contributed by atoms with Crippen LogP contribution in [0.5, 0.6) is 0 Å². The van der Waals surface area contributed by atoms with E-state index in [1.54, 1.807) is 0 Å². The lowest BCUT2D eigenvalue weighted by molar-refractivity contribution is -0.137. The molecular formula is C11H15NO4. The molecule has 1 spiro atoms. The van der Waals surface area contributed by atoms with Gasteiger partial charge in [0.2, 0.25) is 5.91 Å². The molecule has 1 aliphatic heterocycles. The second kappa shape index (κ2) is 3.81. The number of aliphatic hydroxyl groups is 1. The number of aliphatic hydroxyl groups excluding tert-OH is 1. The van der Waals surface area contributed by atoms with Crippen molar-refractivity contribution in [2.24, 2.45) is 0 Å². The number of carbonyl (C=O) groups excluding carboxylic acids is 2. The summed E-state index contributed by atoms with van der Waals surface area (Å²) in [5.74, 6) is -0.387. The number of rotatable bonds is 1. The Bertz CT molecular complexity index is 374. The molecule has 5 nitrogen and oxygen atoms in total. The molecular weight excluding hydrogens is 210 g/mol. The predicted molar refractivity (Wildman–Crippen MR) is 55.6 cm³/mol. The molecule has 5 heteroatoms. The standard InChI is InChI=1S/C11H15NO4/c1-16-10(15)7-6-11(4-2-8(7)13)5-3-9(14)12-11/h13H,2-6H2,1H3,(H,12,14)/t11-/m0/s1. The Morgan fingerprint density at radius 3 is 2.69 bits per heavy atom. The van der Waals surface area contributed by atoms with E-state index in [1.807, 2.05) is 0 Å². The molecule has 1 saturated heterocycles. The second-order valence-electron chi connectivity index (χ2n) is 4.42. The van der Waals surface area contributed by atoms with Crippen LogP contribution in [0.15, 0.2) is 11.3 Å². The van der Waals surface area contributed by atoms with E-state index < -0.39 is 5.97 Å². The summed E-state index contributed by atoms with van der Waals surface area (Å²) in [5, 5.41) is 12.6. The van der Waals surface area contributed by atoms with Crippen molar-refractivity contribution in [3.05, 3.63) is 11.3 Å². The normalized spacial score (nSPS) is 29.4. The Hall–Kier alpha value is -1.52. The summed E-state index contributed by atoms with van der Waals surface area (Å²) in [6.07, 6.45) is 2.70. The van der Waals surface area contributed by atoms with Crippen LogP contribution in [-0.4, -0.2) is 29.6 Å². The molecule has 1 heterocycles. The summed E-state index contributed by atoms with van der Waals surface area (Å²) in [5.41, 5.74) is -0.0386. The van der Waals surface area contributed by atoms with Crippen LogP contribution in [0.4, 0.5) is 0 Å². The summed E-state index contributed by atoms with van der Waals surface area (Å²) in [6, 6.07) is 0. The van der Waals surface area contributed by atoms with Gasteiger partial charge in [0.25, 0.3) is 0 Å². The molecule has 0 aromatic rings. The molecule has 2 rings (SSSR count). The molecule has 0 aromatic heterocycles. The van der Waals surface area contributed by atoms with Gasteiger partial charge in [0.05, 0.1) is 12.7 Å². The fraction of sp³-hybridized carbons (Fsp3) is 0.636. The zero-order chi connectivity index (χ0) is 11.8. The minimum absolute atomic E-state index is 0.0191. The Labute approximate surface area is 93.5 Å². The van der Waals surface area contributed by atoms with E-state index in [1.165, 1.54) is 7.11 Å². The zero-order valence-electron chi connectivity index (χ0n) is 9.21. The van der Waals surface area contributed by atoms with Crippen LogP contribution in [0.25, 0.3) is 0 Å². The number of hydrogen-bond donors (Lipinski definition) is 2. The molecule has 1 aliphatic carbocycles. The molecule has 1 atom stereocenters. The van der Waals surface area contributed by atoms with E-state index in [0.29, 0.717) is 31.3 Å². The summed E-state index contributed by atoms with van der Waals surface area (Å²) in [4.78, 5) is 22.7. The first-order valence-corrected chi connectivity index (χ1v) is 5.37. The first-order chi connectivity index (χ1) is 7.56. The van der Waals surface area contributed by atoms with Crippen LogP contribution in [0.2, 0.25) is 0 Å². The highest BCUT2D eigenvalue weighted by Crippen LogP contribution is 2.38. The number of nitrogens with one attached hydrogen (secondary N) is 1. The number of carbonyl (C=O) groups is 2. The molecule has 1 fully saturated rings. The minimum Gasteiger partial charge on any atom is -0.512 e. The maximum Gasteiger partial charge on any atom is 0.337 e. The number of allylic oxidation sites excluding steroid dienone is 1. The second-order valence-corrected chi connectivity index (χ2v) is 4.42. The van der Waals surface area contributed by atoms with Gasteiger partial charge in [-0.3, -0.25) is 4.79 Å². The van der Waals surface area contributed by atoms with Gasteiger partial charge in [-0.15, -0.1) is 0 Å². The molecule has 1 amide bonds. The first kappa shape index (κ1) is 11.0. The average Bonchev–Trinajstić information content (AvgIpc) is 2.63. The molecule has 2 aliphatic rings. The van der Waals surface area contributed by atoms with Crippen molar-refractivity contribution in [2.45, 2.75) is 37.6 Å². The van der Waals surface area contributed by atoms with E-state index >= 15 is 0 Å². The van der Waals surface area contributed by atoms with E-state index in [2.05, 4.69) is 10.1 Å². The first-order valence-electron chi connectivity index (χ1n) is 5.37. The summed E-state index contributed by atoms with van der Waals surface area (Å²) < 4.78 is 4.62. The molecule has 88 valence electrons. The molecule has 2 N–H and O–H groups in total. The largest absolute Gasteiger partial charge is 0.512 e.